The molecule has 56 heavy (non-hydrogen) atoms. The van der Waals surface area contributed by atoms with E-state index in [9.17, 15) is 19.2 Å². The number of rotatable bonds is 10. The summed E-state index contributed by atoms with van der Waals surface area (Å²) in [6, 6.07) is 9.35. The molecule has 2 saturated heterocycles. The van der Waals surface area contributed by atoms with Gasteiger partial charge in [0.05, 0.1) is 50.1 Å². The predicted molar refractivity (Wildman–Crippen MR) is 204 cm³/mol. The molecule has 0 saturated carbocycles. The molecule has 0 unspecified atom stereocenters. The second-order valence-corrected chi connectivity index (χ2v) is 15.0. The predicted octanol–water partition coefficient (Wildman–Crippen LogP) is 6.45. The second kappa shape index (κ2) is 16.0. The Balaban J connectivity index is 1.03. The lowest BCUT2D eigenvalue weighted by atomic mass is 10.0. The summed E-state index contributed by atoms with van der Waals surface area (Å²) in [5.41, 5.74) is 3.19. The molecule has 0 aliphatic carbocycles. The third-order valence-electron chi connectivity index (χ3n) is 10.6. The van der Waals surface area contributed by atoms with E-state index in [1.807, 2.05) is 64.1 Å². The molecular formula is C40H48N8O8. The van der Waals surface area contributed by atoms with Crippen molar-refractivity contribution in [3.05, 3.63) is 60.4 Å². The van der Waals surface area contributed by atoms with Crippen molar-refractivity contribution in [3.8, 4) is 45.5 Å². The van der Waals surface area contributed by atoms with Crippen LogP contribution in [0.15, 0.2) is 48.8 Å². The molecule has 2 fully saturated rings. The molecule has 16 nitrogen and oxygen atoms in total. The van der Waals surface area contributed by atoms with Crippen LogP contribution in [0.1, 0.15) is 77.1 Å². The third kappa shape index (κ3) is 7.59. The van der Waals surface area contributed by atoms with Gasteiger partial charge in [0, 0.05) is 24.2 Å². The van der Waals surface area contributed by atoms with Gasteiger partial charge in [-0.15, -0.1) is 0 Å². The summed E-state index contributed by atoms with van der Waals surface area (Å²) in [7, 11) is 2.56. The molecule has 4 N–H and O–H groups in total. The number of likely N-dealkylation sites (tertiary alicyclic amines) is 2. The number of aromatic nitrogens is 4. The molecule has 3 aliphatic rings. The Morgan fingerprint density at radius 2 is 1.09 bits per heavy atom. The van der Waals surface area contributed by atoms with Crippen LogP contribution in [0.3, 0.4) is 0 Å². The lowest BCUT2D eigenvalue weighted by Gasteiger charge is -2.30. The van der Waals surface area contributed by atoms with Crippen LogP contribution in [-0.4, -0.2) is 93.1 Å². The first kappa shape index (κ1) is 38.2. The fourth-order valence-corrected chi connectivity index (χ4v) is 7.61. The van der Waals surface area contributed by atoms with Gasteiger partial charge in [-0.05, 0) is 73.9 Å². The number of alkyl carbamates (subject to hydrolysis) is 2. The van der Waals surface area contributed by atoms with E-state index < -0.39 is 24.3 Å². The van der Waals surface area contributed by atoms with Crippen LogP contribution in [0.2, 0.25) is 0 Å². The zero-order valence-corrected chi connectivity index (χ0v) is 32.4. The zero-order chi connectivity index (χ0) is 39.7. The van der Waals surface area contributed by atoms with Crippen LogP contribution < -0.4 is 20.1 Å². The molecule has 4 amide bonds. The number of fused-ring (bicyclic) bond motifs is 2. The van der Waals surface area contributed by atoms with E-state index >= 15 is 0 Å². The minimum Gasteiger partial charge on any atom is -0.453 e. The van der Waals surface area contributed by atoms with Crippen LogP contribution in [0, 0.1) is 11.8 Å². The maximum Gasteiger partial charge on any atom is 0.407 e. The molecule has 296 valence electrons. The highest BCUT2D eigenvalue weighted by Gasteiger charge is 2.39. The average molecular weight is 769 g/mol. The summed E-state index contributed by atoms with van der Waals surface area (Å²) in [4.78, 5) is 70.8. The third-order valence-corrected chi connectivity index (χ3v) is 10.6. The molecule has 5 heterocycles. The summed E-state index contributed by atoms with van der Waals surface area (Å²) in [5.74, 6) is 2.94. The van der Waals surface area contributed by atoms with E-state index in [1.54, 1.807) is 22.2 Å². The van der Waals surface area contributed by atoms with E-state index in [1.165, 1.54) is 14.2 Å². The molecule has 16 heteroatoms. The maximum absolute atomic E-state index is 13.6. The number of aromatic amines is 2. The number of hydrogen-bond acceptors (Lipinski definition) is 10. The van der Waals surface area contributed by atoms with Crippen LogP contribution >= 0.6 is 0 Å². The number of carbonyl (C=O) groups excluding carboxylic acids is 4. The Hall–Kier alpha value is -6.06. The minimum atomic E-state index is -0.715. The highest BCUT2D eigenvalue weighted by Crippen LogP contribution is 2.48. The summed E-state index contributed by atoms with van der Waals surface area (Å²) in [6.45, 7) is 8.67. The molecule has 4 aromatic rings. The van der Waals surface area contributed by atoms with Gasteiger partial charge in [0.25, 0.3) is 0 Å². The van der Waals surface area contributed by atoms with Crippen LogP contribution in [-0.2, 0) is 19.1 Å². The maximum atomic E-state index is 13.6. The number of benzene rings is 2. The van der Waals surface area contributed by atoms with Crippen molar-refractivity contribution >= 4 is 24.0 Å². The molecule has 0 bridgehead atoms. The van der Waals surface area contributed by atoms with Gasteiger partial charge in [-0.2, -0.15) is 0 Å². The largest absolute Gasteiger partial charge is 0.453 e. The van der Waals surface area contributed by atoms with Gasteiger partial charge in [0.15, 0.2) is 23.0 Å². The normalized spacial score (nSPS) is 18.4. The van der Waals surface area contributed by atoms with Crippen molar-refractivity contribution in [2.24, 2.45) is 11.8 Å². The van der Waals surface area contributed by atoms with Gasteiger partial charge in [0.2, 0.25) is 11.8 Å². The van der Waals surface area contributed by atoms with Gasteiger partial charge in [0.1, 0.15) is 23.7 Å². The van der Waals surface area contributed by atoms with E-state index in [0.29, 0.717) is 47.7 Å². The van der Waals surface area contributed by atoms with Crippen molar-refractivity contribution < 1.29 is 38.1 Å². The lowest BCUT2D eigenvalue weighted by Crippen LogP contribution is -2.51. The highest BCUT2D eigenvalue weighted by atomic mass is 16.6. The number of hydrogen-bond donors (Lipinski definition) is 4. The molecule has 0 spiro atoms. The van der Waals surface area contributed by atoms with Gasteiger partial charge < -0.3 is 49.3 Å². The van der Waals surface area contributed by atoms with E-state index in [2.05, 4.69) is 30.6 Å². The van der Waals surface area contributed by atoms with E-state index in [-0.39, 0.29) is 35.7 Å². The van der Waals surface area contributed by atoms with Crippen molar-refractivity contribution in [1.82, 2.24) is 40.4 Å². The van der Waals surface area contributed by atoms with E-state index in [4.69, 9.17) is 18.9 Å². The Kier molecular flexibility index (Phi) is 10.9. The summed E-state index contributed by atoms with van der Waals surface area (Å²) >= 11 is 0. The molecule has 3 aliphatic heterocycles. The SMILES string of the molecule is COC(=O)N[C@H](C(=O)N1CCC[C@@H]1c1ncc(-c2ccc3c(c2)Oc2ccc(-c4cnc([C@H]5CCCN5C(=O)[C@@H](NC(=O)OC)C(C)C)[nH]4)cc2O3)[nH]1)C(C)C. The zero-order valence-electron chi connectivity index (χ0n) is 32.4. The van der Waals surface area contributed by atoms with Gasteiger partial charge in [-0.3, -0.25) is 9.59 Å². The van der Waals surface area contributed by atoms with Crippen molar-refractivity contribution in [3.63, 3.8) is 0 Å². The second-order valence-electron chi connectivity index (χ2n) is 15.0. The Bertz CT molecular complexity index is 1960. The molecule has 2 aromatic carbocycles. The monoisotopic (exact) mass is 768 g/mol. The first-order valence-corrected chi connectivity index (χ1v) is 19.0. The first-order valence-electron chi connectivity index (χ1n) is 19.0. The summed E-state index contributed by atoms with van der Waals surface area (Å²) < 4.78 is 22.1. The number of imidazole rings is 2. The van der Waals surface area contributed by atoms with Crippen molar-refractivity contribution in [2.45, 2.75) is 77.5 Å². The molecule has 7 rings (SSSR count). The number of carbonyl (C=O) groups is 4. The number of H-pyrrole nitrogens is 2. The van der Waals surface area contributed by atoms with Crippen LogP contribution in [0.25, 0.3) is 22.5 Å². The number of methoxy groups -OCH3 is 2. The molecular weight excluding hydrogens is 720 g/mol. The smallest absolute Gasteiger partial charge is 0.407 e. The Morgan fingerprint density at radius 1 is 0.679 bits per heavy atom. The number of amides is 4. The van der Waals surface area contributed by atoms with Gasteiger partial charge >= 0.3 is 12.2 Å². The van der Waals surface area contributed by atoms with E-state index in [0.717, 1.165) is 48.2 Å². The Labute approximate surface area is 324 Å². The fourth-order valence-electron chi connectivity index (χ4n) is 7.61. The summed E-state index contributed by atoms with van der Waals surface area (Å²) in [5, 5.41) is 5.37. The Morgan fingerprint density at radius 3 is 1.46 bits per heavy atom. The first-order chi connectivity index (χ1) is 26.9. The average Bonchev–Trinajstić information content (AvgIpc) is 4.03. The number of ether oxygens (including phenoxy) is 4. The van der Waals surface area contributed by atoms with Gasteiger partial charge in [-0.1, -0.05) is 27.7 Å². The minimum absolute atomic E-state index is 0.128. The van der Waals surface area contributed by atoms with Crippen molar-refractivity contribution in [1.29, 1.82) is 0 Å². The quantitative estimate of drug-likeness (QED) is 0.123. The molecule has 4 atom stereocenters. The van der Waals surface area contributed by atoms with Crippen LogP contribution in [0.5, 0.6) is 23.0 Å². The topological polar surface area (TPSA) is 193 Å². The number of nitrogens with zero attached hydrogens (tertiary/aromatic N) is 4. The van der Waals surface area contributed by atoms with Crippen molar-refractivity contribution in [2.75, 3.05) is 27.3 Å². The van der Waals surface area contributed by atoms with Crippen LogP contribution in [0.4, 0.5) is 9.59 Å². The number of nitrogens with one attached hydrogen (secondary N) is 4. The van der Waals surface area contributed by atoms with Gasteiger partial charge in [-0.25, -0.2) is 19.6 Å². The fraction of sp³-hybridized carbons (Fsp3) is 0.450. The lowest BCUT2D eigenvalue weighted by molar-refractivity contribution is -0.136. The summed E-state index contributed by atoms with van der Waals surface area (Å²) in [6.07, 6.45) is 5.34. The molecule has 0 radical (unpaired) electrons. The standard InChI is InChI=1S/C40H48N8O8/c1-21(2)33(45-39(51)53-5)37(49)47-15-7-9-27(47)35-41-19-25(43-35)23-11-13-29-31(17-23)55-30-14-12-24(18-32(30)56-29)26-20-42-36(44-26)28-10-8-16-48(28)38(50)34(22(3)4)46-40(52)54-6/h11-14,17-22,27-28,33-34H,7-10,15-16H2,1-6H3,(H,41,43)(H,42,44)(H,45,51)(H,46,52)/t27-,28-,33+,34+/m1/s1. The highest BCUT2D eigenvalue weighted by molar-refractivity contribution is 5.87. The molecule has 2 aromatic heterocycles.